The van der Waals surface area contributed by atoms with E-state index >= 15 is 0 Å². The van der Waals surface area contributed by atoms with Gasteiger partial charge < -0.3 is 5.11 Å². The predicted octanol–water partition coefficient (Wildman–Crippen LogP) is 0.972. The lowest BCUT2D eigenvalue weighted by Gasteiger charge is -2.14. The summed E-state index contributed by atoms with van der Waals surface area (Å²) < 4.78 is 0. The Labute approximate surface area is 79.0 Å². The highest BCUT2D eigenvalue weighted by molar-refractivity contribution is 5.69. The van der Waals surface area contributed by atoms with Crippen LogP contribution in [0.25, 0.3) is 0 Å². The SMILES string of the molecule is C#CCN(CC=C(C)C)CC(=O)O. The number of carbonyl (C=O) groups is 1. The highest BCUT2D eigenvalue weighted by Crippen LogP contribution is 1.93. The fraction of sp³-hybridized carbons (Fsp3) is 0.500. The molecular weight excluding hydrogens is 166 g/mol. The van der Waals surface area contributed by atoms with Crippen molar-refractivity contribution in [3.05, 3.63) is 11.6 Å². The van der Waals surface area contributed by atoms with Crippen molar-refractivity contribution < 1.29 is 9.90 Å². The van der Waals surface area contributed by atoms with Crippen LogP contribution in [0, 0.1) is 12.3 Å². The molecule has 0 radical (unpaired) electrons. The maximum atomic E-state index is 10.4. The Morgan fingerprint density at radius 1 is 1.62 bits per heavy atom. The van der Waals surface area contributed by atoms with E-state index in [0.29, 0.717) is 13.1 Å². The topological polar surface area (TPSA) is 40.5 Å². The lowest BCUT2D eigenvalue weighted by molar-refractivity contribution is -0.138. The van der Waals surface area contributed by atoms with E-state index in [-0.39, 0.29) is 6.54 Å². The van der Waals surface area contributed by atoms with Crippen LogP contribution in [0.4, 0.5) is 0 Å². The summed E-state index contributed by atoms with van der Waals surface area (Å²) in [7, 11) is 0. The van der Waals surface area contributed by atoms with Crippen molar-refractivity contribution >= 4 is 5.97 Å². The van der Waals surface area contributed by atoms with E-state index in [1.807, 2.05) is 19.9 Å². The average molecular weight is 181 g/mol. The fourth-order valence-electron chi connectivity index (χ4n) is 0.817. The lowest BCUT2D eigenvalue weighted by Crippen LogP contribution is -2.30. The number of carboxylic acids is 1. The summed E-state index contributed by atoms with van der Waals surface area (Å²) in [4.78, 5) is 12.1. The third kappa shape index (κ3) is 7.10. The molecule has 1 N–H and O–H groups in total. The van der Waals surface area contributed by atoms with E-state index in [0.717, 1.165) is 5.57 Å². The van der Waals surface area contributed by atoms with Crippen LogP contribution in [-0.4, -0.2) is 35.6 Å². The zero-order chi connectivity index (χ0) is 10.3. The van der Waals surface area contributed by atoms with Gasteiger partial charge in [0.25, 0.3) is 0 Å². The van der Waals surface area contributed by atoms with Gasteiger partial charge in [0.05, 0.1) is 13.1 Å². The summed E-state index contributed by atoms with van der Waals surface area (Å²) in [6, 6.07) is 0. The Bertz CT molecular complexity index is 234. The van der Waals surface area contributed by atoms with Crippen LogP contribution in [0.1, 0.15) is 13.8 Å². The quantitative estimate of drug-likeness (QED) is 0.507. The fourth-order valence-corrected chi connectivity index (χ4v) is 0.817. The van der Waals surface area contributed by atoms with Gasteiger partial charge in [0.15, 0.2) is 0 Å². The van der Waals surface area contributed by atoms with E-state index in [9.17, 15) is 4.79 Å². The van der Waals surface area contributed by atoms with Crippen molar-refractivity contribution in [3.63, 3.8) is 0 Å². The summed E-state index contributed by atoms with van der Waals surface area (Å²) in [5.41, 5.74) is 1.16. The van der Waals surface area contributed by atoms with Crippen LogP contribution in [0.5, 0.6) is 0 Å². The Morgan fingerprint density at radius 2 is 2.23 bits per heavy atom. The van der Waals surface area contributed by atoms with E-state index < -0.39 is 5.97 Å². The zero-order valence-electron chi connectivity index (χ0n) is 8.08. The molecule has 0 unspecified atom stereocenters. The van der Waals surface area contributed by atoms with Gasteiger partial charge in [-0.3, -0.25) is 9.69 Å². The standard InChI is InChI=1S/C10H15NO2/c1-4-6-11(8-10(12)13)7-5-9(2)3/h1,5H,6-8H2,2-3H3,(H,12,13). The number of hydrogen-bond donors (Lipinski definition) is 1. The van der Waals surface area contributed by atoms with E-state index in [4.69, 9.17) is 11.5 Å². The molecule has 0 amide bonds. The number of allylic oxidation sites excluding steroid dienone is 1. The Balaban J connectivity index is 4.03. The van der Waals surface area contributed by atoms with Crippen molar-refractivity contribution in [2.75, 3.05) is 19.6 Å². The monoisotopic (exact) mass is 181 g/mol. The Kier molecular flexibility index (Phi) is 5.66. The molecule has 0 aliphatic carbocycles. The summed E-state index contributed by atoms with van der Waals surface area (Å²) >= 11 is 0. The number of terminal acetylenes is 1. The molecule has 0 bridgehead atoms. The van der Waals surface area contributed by atoms with Crippen molar-refractivity contribution in [2.45, 2.75) is 13.8 Å². The summed E-state index contributed by atoms with van der Waals surface area (Å²) in [5.74, 6) is 1.58. The maximum Gasteiger partial charge on any atom is 0.317 e. The number of aliphatic carboxylic acids is 1. The maximum absolute atomic E-state index is 10.4. The van der Waals surface area contributed by atoms with Gasteiger partial charge in [0, 0.05) is 6.54 Å². The Morgan fingerprint density at radius 3 is 2.62 bits per heavy atom. The molecule has 0 heterocycles. The zero-order valence-corrected chi connectivity index (χ0v) is 8.08. The molecular formula is C10H15NO2. The second-order valence-corrected chi connectivity index (χ2v) is 3.05. The van der Waals surface area contributed by atoms with Gasteiger partial charge in [-0.15, -0.1) is 6.42 Å². The third-order valence-electron chi connectivity index (χ3n) is 1.43. The summed E-state index contributed by atoms with van der Waals surface area (Å²) in [6.07, 6.45) is 7.06. The molecule has 0 aliphatic rings. The highest BCUT2D eigenvalue weighted by atomic mass is 16.4. The molecule has 0 spiro atoms. The van der Waals surface area contributed by atoms with Gasteiger partial charge in [-0.1, -0.05) is 17.6 Å². The van der Waals surface area contributed by atoms with Gasteiger partial charge in [-0.05, 0) is 13.8 Å². The smallest absolute Gasteiger partial charge is 0.317 e. The molecule has 0 aromatic rings. The van der Waals surface area contributed by atoms with Crippen molar-refractivity contribution in [2.24, 2.45) is 0 Å². The van der Waals surface area contributed by atoms with Crippen LogP contribution in [-0.2, 0) is 4.79 Å². The number of rotatable bonds is 5. The van der Waals surface area contributed by atoms with Crippen LogP contribution < -0.4 is 0 Å². The van der Waals surface area contributed by atoms with Crippen LogP contribution in [0.3, 0.4) is 0 Å². The second-order valence-electron chi connectivity index (χ2n) is 3.05. The predicted molar refractivity (Wildman–Crippen MR) is 52.3 cm³/mol. The lowest BCUT2D eigenvalue weighted by atomic mass is 10.3. The van der Waals surface area contributed by atoms with Crippen molar-refractivity contribution in [1.29, 1.82) is 0 Å². The summed E-state index contributed by atoms with van der Waals surface area (Å²) in [5, 5.41) is 8.54. The molecule has 72 valence electrons. The molecule has 0 saturated heterocycles. The molecule has 13 heavy (non-hydrogen) atoms. The van der Waals surface area contributed by atoms with E-state index in [1.165, 1.54) is 0 Å². The molecule has 0 aromatic heterocycles. The van der Waals surface area contributed by atoms with E-state index in [1.54, 1.807) is 4.90 Å². The van der Waals surface area contributed by atoms with Crippen molar-refractivity contribution in [1.82, 2.24) is 4.90 Å². The highest BCUT2D eigenvalue weighted by Gasteiger charge is 2.05. The van der Waals surface area contributed by atoms with Gasteiger partial charge >= 0.3 is 5.97 Å². The molecule has 0 atom stereocenters. The first-order valence-electron chi connectivity index (χ1n) is 4.07. The molecule has 0 fully saturated rings. The minimum Gasteiger partial charge on any atom is -0.480 e. The second kappa shape index (κ2) is 6.27. The minimum atomic E-state index is -0.850. The average Bonchev–Trinajstić information content (AvgIpc) is 1.99. The molecule has 3 nitrogen and oxygen atoms in total. The van der Waals surface area contributed by atoms with Crippen LogP contribution in [0.2, 0.25) is 0 Å². The number of hydrogen-bond acceptors (Lipinski definition) is 2. The summed E-state index contributed by atoms with van der Waals surface area (Å²) in [6.45, 7) is 4.90. The first-order chi connectivity index (χ1) is 6.06. The first-order valence-corrected chi connectivity index (χ1v) is 4.07. The van der Waals surface area contributed by atoms with Crippen molar-refractivity contribution in [3.8, 4) is 12.3 Å². The Hall–Kier alpha value is -1.27. The molecule has 0 rings (SSSR count). The van der Waals surface area contributed by atoms with E-state index in [2.05, 4.69) is 5.92 Å². The van der Waals surface area contributed by atoms with Crippen LogP contribution in [0.15, 0.2) is 11.6 Å². The minimum absolute atomic E-state index is 0.00597. The van der Waals surface area contributed by atoms with Gasteiger partial charge in [0.1, 0.15) is 0 Å². The molecule has 0 aromatic carbocycles. The van der Waals surface area contributed by atoms with Gasteiger partial charge in [0.2, 0.25) is 0 Å². The third-order valence-corrected chi connectivity index (χ3v) is 1.43. The van der Waals surface area contributed by atoms with Crippen LogP contribution >= 0.6 is 0 Å². The van der Waals surface area contributed by atoms with Gasteiger partial charge in [-0.25, -0.2) is 0 Å². The largest absolute Gasteiger partial charge is 0.480 e. The number of carboxylic acid groups (broad SMARTS) is 1. The number of nitrogens with zero attached hydrogens (tertiary/aromatic N) is 1. The first kappa shape index (κ1) is 11.7. The molecule has 3 heteroatoms. The molecule has 0 aliphatic heterocycles. The normalized spacial score (nSPS) is 9.38. The van der Waals surface area contributed by atoms with Gasteiger partial charge in [-0.2, -0.15) is 0 Å². The molecule has 0 saturated carbocycles.